The molecule has 0 aromatic carbocycles. The van der Waals surface area contributed by atoms with Gasteiger partial charge in [-0.2, -0.15) is 10.5 Å². The molecule has 0 spiro atoms. The SMILES string of the molecule is C1CCOC1.CC(=O)c1ccc(C2(C#N)CCC(F)(F)CC2)cn1.CC(C)(O)c1ccc(C2(C#N)CCC(F)(F)CC2)cn1.CC(C)(O)c1ccc(C2(CN)CCC(F)(F)CC2)cn1.[Br-].[CH3-].[Mg+2]. The van der Waals surface area contributed by atoms with E-state index < -0.39 is 45.2 Å². The maximum Gasteiger partial charge on any atom is 2.00 e. The number of rotatable bonds is 7. The first-order chi connectivity index (χ1) is 29.8. The average Bonchev–Trinajstić information content (AvgIpc) is 3.86. The quantitative estimate of drug-likeness (QED) is 0.0956. The Morgan fingerprint density at radius 3 is 1.24 bits per heavy atom. The van der Waals surface area contributed by atoms with Crippen molar-refractivity contribution < 1.29 is 63.1 Å². The second-order valence-electron chi connectivity index (χ2n) is 18.7. The van der Waals surface area contributed by atoms with Gasteiger partial charge in [-0.25, -0.2) is 26.3 Å². The Kier molecular flexibility index (Phi) is 23.1. The van der Waals surface area contributed by atoms with Crippen LogP contribution in [0, 0.1) is 30.1 Å². The third kappa shape index (κ3) is 17.0. The number of nitrogens with zero attached hydrogens (tertiary/aromatic N) is 5. The topological polar surface area (TPSA) is 179 Å². The second kappa shape index (κ2) is 25.1. The van der Waals surface area contributed by atoms with Crippen LogP contribution in [0.25, 0.3) is 0 Å². The molecule has 0 unspecified atom stereocenters. The molecule has 7 rings (SSSR count). The van der Waals surface area contributed by atoms with Crippen molar-refractivity contribution in [1.29, 1.82) is 10.5 Å². The van der Waals surface area contributed by atoms with Crippen LogP contribution in [0.3, 0.4) is 0 Å². The Labute approximate surface area is 418 Å². The van der Waals surface area contributed by atoms with Gasteiger partial charge in [-0.1, -0.05) is 18.2 Å². The van der Waals surface area contributed by atoms with E-state index in [1.807, 2.05) is 6.07 Å². The van der Waals surface area contributed by atoms with Crippen molar-refractivity contribution in [1.82, 2.24) is 15.0 Å². The van der Waals surface area contributed by atoms with E-state index in [0.29, 0.717) is 47.6 Å². The smallest absolute Gasteiger partial charge is 1.00 e. The van der Waals surface area contributed by atoms with Gasteiger partial charge in [0.2, 0.25) is 17.8 Å². The van der Waals surface area contributed by atoms with E-state index >= 15 is 0 Å². The summed E-state index contributed by atoms with van der Waals surface area (Å²) < 4.78 is 84.5. The van der Waals surface area contributed by atoms with Gasteiger partial charge < -0.3 is 45.1 Å². The van der Waals surface area contributed by atoms with E-state index in [-0.39, 0.29) is 117 Å². The molecule has 18 heteroatoms. The number of nitrogens with two attached hydrogens (primary N) is 1. The number of hydrogen-bond donors (Lipinski definition) is 3. The van der Waals surface area contributed by atoms with Gasteiger partial charge in [-0.15, -0.1) is 0 Å². The van der Waals surface area contributed by atoms with Gasteiger partial charge in [0.25, 0.3) is 0 Å². The van der Waals surface area contributed by atoms with E-state index in [1.54, 1.807) is 64.2 Å². The van der Waals surface area contributed by atoms with Crippen LogP contribution in [0.15, 0.2) is 55.0 Å². The summed E-state index contributed by atoms with van der Waals surface area (Å²) in [5.74, 6) is -8.07. The van der Waals surface area contributed by atoms with Crippen LogP contribution in [0.5, 0.6) is 0 Å². The van der Waals surface area contributed by atoms with Crippen LogP contribution < -0.4 is 22.7 Å². The summed E-state index contributed by atoms with van der Waals surface area (Å²) in [6.07, 6.45) is 7.13. The maximum atomic E-state index is 13.3. The molecule has 3 saturated carbocycles. The Balaban J connectivity index is 0.000000466. The number of nitriles is 2. The van der Waals surface area contributed by atoms with E-state index in [9.17, 15) is 51.9 Å². The summed E-state index contributed by atoms with van der Waals surface area (Å²) in [5, 5.41) is 38.5. The Hall–Kier alpha value is -3.23. The molecule has 4 heterocycles. The summed E-state index contributed by atoms with van der Waals surface area (Å²) in [6.45, 7) is 10.3. The Morgan fingerprint density at radius 2 is 0.985 bits per heavy atom. The molecule has 1 aliphatic heterocycles. The van der Waals surface area contributed by atoms with E-state index in [1.165, 1.54) is 32.2 Å². The number of carbonyl (C=O) groups is 1. The number of alkyl halides is 6. The molecule has 3 aromatic heterocycles. The number of ether oxygens (including phenoxy) is 1. The second-order valence-corrected chi connectivity index (χ2v) is 18.7. The zero-order valence-corrected chi connectivity index (χ0v) is 42.6. The molecule has 3 aliphatic carbocycles. The predicted molar refractivity (Wildman–Crippen MR) is 241 cm³/mol. The molecule has 0 radical (unpaired) electrons. The van der Waals surface area contributed by atoms with Crippen LogP contribution in [0.4, 0.5) is 26.3 Å². The standard InChI is InChI=1S/C15H22F2N2O.C15H18F2N2O.C14H14F2N2O.C4H8O.CH3.BrH.Mg/c2*1-13(2,20)12-4-3-11(9-19-12)14(10-18)5-7-15(16,17)8-6-14;1-10(19)12-3-2-11(8-18-12)13(9-17)4-6-14(15,16)7-5-13;1-2-4-5-3-1;;;/h3-4,9,20H,5-8,10,18H2,1-2H3;3-4,9,20H,5-8H2,1-2H3;2-3,8H,4-7H2,1H3;1-4H2;1H3;1H;/q;;;;-1;;+2/p-1. The van der Waals surface area contributed by atoms with E-state index in [2.05, 4.69) is 27.1 Å². The Bertz CT molecular complexity index is 2050. The van der Waals surface area contributed by atoms with Crippen molar-refractivity contribution in [3.8, 4) is 12.1 Å². The molecule has 0 atom stereocenters. The molecule has 3 aromatic rings. The van der Waals surface area contributed by atoms with Crippen LogP contribution in [0.1, 0.15) is 163 Å². The van der Waals surface area contributed by atoms with Gasteiger partial charge in [0.05, 0.1) is 34.4 Å². The van der Waals surface area contributed by atoms with Gasteiger partial charge >= 0.3 is 23.1 Å². The van der Waals surface area contributed by atoms with Gasteiger partial charge in [-0.05, 0) is 114 Å². The number of halogens is 7. The number of aliphatic hydroxyl groups is 2. The summed E-state index contributed by atoms with van der Waals surface area (Å²) in [6, 6.07) is 14.5. The summed E-state index contributed by atoms with van der Waals surface area (Å²) in [4.78, 5) is 23.6. The average molecular weight is 1020 g/mol. The van der Waals surface area contributed by atoms with Gasteiger partial charge in [0.1, 0.15) is 16.9 Å². The van der Waals surface area contributed by atoms with Crippen molar-refractivity contribution in [3.05, 3.63) is 96.2 Å². The maximum absolute atomic E-state index is 13.3. The molecular weight excluding hydrogens is 955 g/mol. The van der Waals surface area contributed by atoms with Crippen molar-refractivity contribution in [2.24, 2.45) is 5.73 Å². The molecular formula is C49H65BrF6MgN6O4. The number of Topliss-reactive ketones (excluding diaryl/α,β-unsaturated/α-hetero) is 1. The minimum absolute atomic E-state index is 0. The summed E-state index contributed by atoms with van der Waals surface area (Å²) in [5.41, 5.74) is 5.15. The molecule has 0 amide bonds. The molecule has 4 fully saturated rings. The third-order valence-electron chi connectivity index (χ3n) is 12.9. The predicted octanol–water partition coefficient (Wildman–Crippen LogP) is 7.12. The van der Waals surface area contributed by atoms with Crippen LogP contribution >= 0.6 is 0 Å². The molecule has 1 saturated heterocycles. The number of carbonyl (C=O) groups excluding carboxylic acids is 1. The first-order valence-corrected chi connectivity index (χ1v) is 21.9. The molecule has 4 N–H and O–H groups in total. The van der Waals surface area contributed by atoms with E-state index in [0.717, 1.165) is 18.8 Å². The van der Waals surface area contributed by atoms with Crippen molar-refractivity contribution >= 4 is 28.8 Å². The van der Waals surface area contributed by atoms with Crippen LogP contribution in [-0.4, -0.2) is 91.5 Å². The summed E-state index contributed by atoms with van der Waals surface area (Å²) >= 11 is 0. The number of ketones is 1. The van der Waals surface area contributed by atoms with Crippen molar-refractivity contribution in [2.45, 2.75) is 170 Å². The first kappa shape index (κ1) is 61.8. The molecule has 4 aliphatic rings. The molecule has 0 bridgehead atoms. The number of hydrogen-bond acceptors (Lipinski definition) is 10. The summed E-state index contributed by atoms with van der Waals surface area (Å²) in [7, 11) is 0. The monoisotopic (exact) mass is 1020 g/mol. The minimum Gasteiger partial charge on any atom is -1.00 e. The van der Waals surface area contributed by atoms with Gasteiger partial charge in [0.15, 0.2) is 5.78 Å². The molecule has 67 heavy (non-hydrogen) atoms. The van der Waals surface area contributed by atoms with Crippen molar-refractivity contribution in [3.63, 3.8) is 0 Å². The fraction of sp³-hybridized carbons (Fsp3) is 0.612. The number of aromatic nitrogens is 3. The Morgan fingerprint density at radius 1 is 0.642 bits per heavy atom. The van der Waals surface area contributed by atoms with E-state index in [4.69, 9.17) is 10.5 Å². The van der Waals surface area contributed by atoms with Crippen LogP contribution in [-0.2, 0) is 32.2 Å². The van der Waals surface area contributed by atoms with Crippen molar-refractivity contribution in [2.75, 3.05) is 19.8 Å². The van der Waals surface area contributed by atoms with Gasteiger partial charge in [-0.3, -0.25) is 19.7 Å². The zero-order valence-electron chi connectivity index (χ0n) is 39.6. The molecule has 366 valence electrons. The fourth-order valence-electron chi connectivity index (χ4n) is 8.22. The van der Waals surface area contributed by atoms with Crippen LogP contribution in [0.2, 0.25) is 0 Å². The first-order valence-electron chi connectivity index (χ1n) is 21.9. The zero-order chi connectivity index (χ0) is 47.7. The minimum atomic E-state index is -2.67. The molecule has 10 nitrogen and oxygen atoms in total. The number of pyridine rings is 3. The third-order valence-corrected chi connectivity index (χ3v) is 12.9. The normalized spacial score (nSPS) is 20.4. The van der Waals surface area contributed by atoms with Gasteiger partial charge in [0, 0.05) is 89.2 Å². The fourth-order valence-corrected chi connectivity index (χ4v) is 8.22. The largest absolute Gasteiger partial charge is 2.00 e.